The van der Waals surface area contributed by atoms with Crippen LogP contribution in [0.1, 0.15) is 59.3 Å². The van der Waals surface area contributed by atoms with Crippen molar-refractivity contribution in [2.24, 2.45) is 5.92 Å². The van der Waals surface area contributed by atoms with Gasteiger partial charge in [-0.1, -0.05) is 32.0 Å². The maximum Gasteiger partial charge on any atom is 0.338 e. The van der Waals surface area contributed by atoms with Gasteiger partial charge in [0.25, 0.3) is 5.91 Å². The molecule has 8 heteroatoms. The van der Waals surface area contributed by atoms with Crippen molar-refractivity contribution >= 4 is 27.6 Å². The third kappa shape index (κ3) is 5.67. The number of ether oxygens (including phenoxy) is 1. The van der Waals surface area contributed by atoms with Crippen molar-refractivity contribution in [1.82, 2.24) is 4.31 Å². The maximum atomic E-state index is 13.3. The van der Waals surface area contributed by atoms with Crippen LogP contribution >= 0.6 is 0 Å². The molecule has 1 aliphatic heterocycles. The fraction of sp³-hybridized carbons (Fsp3) is 0.462. The van der Waals surface area contributed by atoms with Crippen LogP contribution in [-0.2, 0) is 26.0 Å². The minimum atomic E-state index is -3.73. The quantitative estimate of drug-likeness (QED) is 0.586. The Labute approximate surface area is 202 Å². The normalized spacial score (nSPS) is 15.2. The number of carbonyl (C=O) groups excluding carboxylic acids is 2. The van der Waals surface area contributed by atoms with Crippen molar-refractivity contribution in [3.05, 3.63) is 58.1 Å². The molecule has 7 nitrogen and oxygen atoms in total. The molecule has 0 saturated carbocycles. The summed E-state index contributed by atoms with van der Waals surface area (Å²) in [6.07, 6.45) is 2.39. The average Bonchev–Trinajstić information content (AvgIpc) is 2.80. The van der Waals surface area contributed by atoms with Gasteiger partial charge in [0.15, 0.2) is 6.61 Å². The molecule has 0 aliphatic carbocycles. The molecule has 1 saturated heterocycles. The van der Waals surface area contributed by atoms with Gasteiger partial charge in [0.2, 0.25) is 10.0 Å². The van der Waals surface area contributed by atoms with Gasteiger partial charge in [-0.2, -0.15) is 4.31 Å². The average molecular weight is 487 g/mol. The molecule has 184 valence electrons. The van der Waals surface area contributed by atoms with E-state index in [1.807, 2.05) is 32.0 Å². The van der Waals surface area contributed by atoms with Crippen molar-refractivity contribution in [3.63, 3.8) is 0 Å². The van der Waals surface area contributed by atoms with Crippen molar-refractivity contribution in [2.75, 3.05) is 25.0 Å². The predicted octanol–water partition coefficient (Wildman–Crippen LogP) is 4.39. The zero-order valence-electron chi connectivity index (χ0n) is 20.6. The summed E-state index contributed by atoms with van der Waals surface area (Å²) in [5.74, 6) is -0.686. The van der Waals surface area contributed by atoms with Gasteiger partial charge in [0, 0.05) is 18.8 Å². The topological polar surface area (TPSA) is 92.8 Å². The molecule has 0 spiro atoms. The number of rotatable bonds is 7. The van der Waals surface area contributed by atoms with E-state index in [1.54, 1.807) is 19.9 Å². The van der Waals surface area contributed by atoms with Crippen LogP contribution in [0.3, 0.4) is 0 Å². The standard InChI is InChI=1S/C26H34N2O5S/c1-6-21-9-7-8-18(3)25(21)27-24(29)16-33-26(30)22-14-19(4)20(5)23(15-22)34(31,32)28-12-10-17(2)11-13-28/h7-9,14-15,17H,6,10-13,16H2,1-5H3,(H,27,29). The Balaban J connectivity index is 1.74. The minimum absolute atomic E-state index is 0.116. The molecule has 0 radical (unpaired) electrons. The summed E-state index contributed by atoms with van der Waals surface area (Å²) in [5, 5.41) is 2.82. The van der Waals surface area contributed by atoms with E-state index in [0.717, 1.165) is 36.1 Å². The SMILES string of the molecule is CCc1cccc(C)c1NC(=O)COC(=O)c1cc(C)c(C)c(S(=O)(=O)N2CCC(C)CC2)c1. The van der Waals surface area contributed by atoms with Crippen LogP contribution in [0.15, 0.2) is 35.2 Å². The Morgan fingerprint density at radius 1 is 1.09 bits per heavy atom. The lowest BCUT2D eigenvalue weighted by atomic mass is 10.0. The molecule has 1 heterocycles. The van der Waals surface area contributed by atoms with Crippen LogP contribution in [0.2, 0.25) is 0 Å². The summed E-state index contributed by atoms with van der Waals surface area (Å²) in [7, 11) is -3.73. The smallest absolute Gasteiger partial charge is 0.338 e. The highest BCUT2D eigenvalue weighted by Gasteiger charge is 2.30. The van der Waals surface area contributed by atoms with Crippen molar-refractivity contribution in [3.8, 4) is 0 Å². The van der Waals surface area contributed by atoms with E-state index in [2.05, 4.69) is 12.2 Å². The number of esters is 1. The highest BCUT2D eigenvalue weighted by Crippen LogP contribution is 2.28. The molecule has 0 unspecified atom stereocenters. The zero-order valence-corrected chi connectivity index (χ0v) is 21.4. The number of benzene rings is 2. The third-order valence-corrected chi connectivity index (χ3v) is 8.58. The highest BCUT2D eigenvalue weighted by atomic mass is 32.2. The van der Waals surface area contributed by atoms with Crippen LogP contribution in [0.25, 0.3) is 0 Å². The minimum Gasteiger partial charge on any atom is -0.452 e. The molecular formula is C26H34N2O5S. The van der Waals surface area contributed by atoms with Gasteiger partial charge < -0.3 is 10.1 Å². The lowest BCUT2D eigenvalue weighted by Gasteiger charge is -2.30. The first kappa shape index (κ1) is 25.9. The number of carbonyl (C=O) groups is 2. The van der Waals surface area contributed by atoms with Gasteiger partial charge >= 0.3 is 5.97 Å². The Bertz CT molecular complexity index is 1180. The van der Waals surface area contributed by atoms with E-state index in [0.29, 0.717) is 30.1 Å². The summed E-state index contributed by atoms with van der Waals surface area (Å²) in [4.78, 5) is 25.3. The molecule has 0 bridgehead atoms. The molecule has 2 aromatic rings. The zero-order chi connectivity index (χ0) is 25.0. The van der Waals surface area contributed by atoms with E-state index in [4.69, 9.17) is 4.74 Å². The van der Waals surface area contributed by atoms with Crippen LogP contribution < -0.4 is 5.32 Å². The van der Waals surface area contributed by atoms with Crippen molar-refractivity contribution in [2.45, 2.75) is 58.8 Å². The number of nitrogens with one attached hydrogen (secondary N) is 1. The van der Waals surface area contributed by atoms with E-state index in [-0.39, 0.29) is 10.5 Å². The first-order valence-electron chi connectivity index (χ1n) is 11.7. The van der Waals surface area contributed by atoms with Gasteiger partial charge in [-0.3, -0.25) is 4.79 Å². The number of nitrogens with zero attached hydrogens (tertiary/aromatic N) is 1. The molecule has 0 atom stereocenters. The van der Waals surface area contributed by atoms with E-state index in [1.165, 1.54) is 10.4 Å². The highest BCUT2D eigenvalue weighted by molar-refractivity contribution is 7.89. The lowest BCUT2D eigenvalue weighted by Crippen LogP contribution is -2.38. The first-order valence-corrected chi connectivity index (χ1v) is 13.2. The first-order chi connectivity index (χ1) is 16.0. The van der Waals surface area contributed by atoms with Crippen LogP contribution in [0.4, 0.5) is 5.69 Å². The van der Waals surface area contributed by atoms with Gasteiger partial charge in [0.1, 0.15) is 0 Å². The van der Waals surface area contributed by atoms with Gasteiger partial charge in [-0.15, -0.1) is 0 Å². The van der Waals surface area contributed by atoms with Gasteiger partial charge in [-0.05, 0) is 80.3 Å². The molecule has 1 amide bonds. The van der Waals surface area contributed by atoms with Gasteiger partial charge in [-0.25, -0.2) is 13.2 Å². The fourth-order valence-electron chi connectivity index (χ4n) is 4.17. The Kier molecular flexibility index (Phi) is 8.15. The van der Waals surface area contributed by atoms with E-state index < -0.39 is 28.5 Å². The van der Waals surface area contributed by atoms with E-state index in [9.17, 15) is 18.0 Å². The van der Waals surface area contributed by atoms with Crippen LogP contribution in [0.5, 0.6) is 0 Å². The molecule has 1 N–H and O–H groups in total. The summed E-state index contributed by atoms with van der Waals surface area (Å²) in [5.41, 5.74) is 4.05. The van der Waals surface area contributed by atoms with E-state index >= 15 is 0 Å². The number of piperidine rings is 1. The Morgan fingerprint density at radius 3 is 2.41 bits per heavy atom. The van der Waals surface area contributed by atoms with Crippen LogP contribution in [-0.4, -0.2) is 44.3 Å². The number of anilines is 1. The summed E-state index contributed by atoms with van der Waals surface area (Å²) in [6.45, 7) is 10.0. The number of para-hydroxylation sites is 1. The molecule has 2 aromatic carbocycles. The van der Waals surface area contributed by atoms with Crippen LogP contribution in [0, 0.1) is 26.7 Å². The van der Waals surface area contributed by atoms with Gasteiger partial charge in [0.05, 0.1) is 10.5 Å². The Morgan fingerprint density at radius 2 is 1.76 bits per heavy atom. The molecular weight excluding hydrogens is 452 g/mol. The molecule has 3 rings (SSSR count). The second kappa shape index (κ2) is 10.7. The molecule has 34 heavy (non-hydrogen) atoms. The fourth-order valence-corrected chi connectivity index (χ4v) is 5.96. The maximum absolute atomic E-state index is 13.3. The molecule has 1 aliphatic rings. The van der Waals surface area contributed by atoms with Crippen molar-refractivity contribution in [1.29, 1.82) is 0 Å². The Hall–Kier alpha value is -2.71. The summed E-state index contributed by atoms with van der Waals surface area (Å²) in [6, 6.07) is 8.74. The molecule has 0 aromatic heterocycles. The number of sulfonamides is 1. The molecule has 1 fully saturated rings. The summed E-state index contributed by atoms with van der Waals surface area (Å²) >= 11 is 0. The second-order valence-electron chi connectivity index (χ2n) is 9.09. The third-order valence-electron chi connectivity index (χ3n) is 6.55. The largest absolute Gasteiger partial charge is 0.452 e. The monoisotopic (exact) mass is 486 g/mol. The number of hydrogen-bond acceptors (Lipinski definition) is 5. The lowest BCUT2D eigenvalue weighted by molar-refractivity contribution is -0.119. The summed E-state index contributed by atoms with van der Waals surface area (Å²) < 4.78 is 33.4. The predicted molar refractivity (Wildman–Crippen MR) is 133 cm³/mol. The number of aryl methyl sites for hydroxylation is 3. The number of hydrogen-bond donors (Lipinski definition) is 1. The number of amides is 1. The van der Waals surface area contributed by atoms with Crippen molar-refractivity contribution < 1.29 is 22.7 Å². The second-order valence-corrected chi connectivity index (χ2v) is 11.0.